The number of carbonyl (C=O) groups is 1. The van der Waals surface area contributed by atoms with Crippen LogP contribution in [0.3, 0.4) is 0 Å². The molecule has 0 atom stereocenters. The van der Waals surface area contributed by atoms with E-state index in [2.05, 4.69) is 4.98 Å². The van der Waals surface area contributed by atoms with Crippen LogP contribution < -0.4 is 9.64 Å². The Kier molecular flexibility index (Phi) is 5.22. The molecular weight excluding hydrogens is 371 g/mol. The van der Waals surface area contributed by atoms with Gasteiger partial charge in [0.2, 0.25) is 0 Å². The fourth-order valence-electron chi connectivity index (χ4n) is 2.57. The minimum Gasteiger partial charge on any atom is -0.410 e. The van der Waals surface area contributed by atoms with Crippen LogP contribution in [0.15, 0.2) is 42.6 Å². The summed E-state index contributed by atoms with van der Waals surface area (Å²) in [6.45, 7) is 1.49. The smallest absolute Gasteiger partial charge is 0.410 e. The van der Waals surface area contributed by atoms with Crippen LogP contribution in [0.2, 0.25) is 5.02 Å². The number of halogens is 4. The van der Waals surface area contributed by atoms with Gasteiger partial charge in [0.25, 0.3) is 0 Å². The second-order valence-corrected chi connectivity index (χ2v) is 6.09. The highest BCUT2D eigenvalue weighted by Gasteiger charge is 2.32. The predicted octanol–water partition coefficient (Wildman–Crippen LogP) is 4.07. The first kappa shape index (κ1) is 18.3. The van der Waals surface area contributed by atoms with Gasteiger partial charge in [-0.05, 0) is 18.2 Å². The number of alkyl halides is 3. The van der Waals surface area contributed by atoms with Crippen LogP contribution in [0, 0.1) is 0 Å². The lowest BCUT2D eigenvalue weighted by Crippen LogP contribution is -2.50. The van der Waals surface area contributed by atoms with Gasteiger partial charge in [0.15, 0.2) is 0 Å². The second kappa shape index (κ2) is 7.41. The number of aromatic nitrogens is 1. The predicted molar refractivity (Wildman–Crippen MR) is 90.5 cm³/mol. The number of benzene rings is 1. The van der Waals surface area contributed by atoms with Gasteiger partial charge in [-0.2, -0.15) is 13.2 Å². The molecule has 1 fully saturated rings. The molecular formula is C17H15ClF3N3O2. The molecule has 1 amide bonds. The number of para-hydroxylation sites is 1. The monoisotopic (exact) mass is 385 g/mol. The zero-order chi connectivity index (χ0) is 18.7. The molecule has 9 heteroatoms. The van der Waals surface area contributed by atoms with Crippen molar-refractivity contribution in [2.75, 3.05) is 31.1 Å². The van der Waals surface area contributed by atoms with Crippen molar-refractivity contribution in [3.05, 3.63) is 53.2 Å². The van der Waals surface area contributed by atoms with E-state index >= 15 is 0 Å². The number of pyridine rings is 1. The van der Waals surface area contributed by atoms with Gasteiger partial charge in [0, 0.05) is 32.4 Å². The zero-order valence-electron chi connectivity index (χ0n) is 13.5. The molecule has 0 aliphatic carbocycles. The van der Waals surface area contributed by atoms with Crippen molar-refractivity contribution in [1.82, 2.24) is 9.88 Å². The second-order valence-electron chi connectivity index (χ2n) is 5.68. The lowest BCUT2D eigenvalue weighted by atomic mass is 10.2. The Morgan fingerprint density at radius 3 is 2.35 bits per heavy atom. The molecule has 1 aliphatic heterocycles. The van der Waals surface area contributed by atoms with Crippen molar-refractivity contribution in [2.24, 2.45) is 0 Å². The molecule has 1 saturated heterocycles. The minimum absolute atomic E-state index is 0.0693. The highest BCUT2D eigenvalue weighted by atomic mass is 35.5. The summed E-state index contributed by atoms with van der Waals surface area (Å²) < 4.78 is 43.3. The molecule has 0 unspecified atom stereocenters. The minimum atomic E-state index is -4.49. The maximum Gasteiger partial charge on any atom is 0.417 e. The van der Waals surface area contributed by atoms with E-state index in [0.29, 0.717) is 31.9 Å². The van der Waals surface area contributed by atoms with Gasteiger partial charge in [-0.15, -0.1) is 0 Å². The van der Waals surface area contributed by atoms with Crippen LogP contribution in [0.4, 0.5) is 23.8 Å². The normalized spacial score (nSPS) is 15.1. The fourth-order valence-corrected chi connectivity index (χ4v) is 2.86. The number of piperazine rings is 1. The first-order valence-electron chi connectivity index (χ1n) is 7.84. The zero-order valence-corrected chi connectivity index (χ0v) is 14.3. The van der Waals surface area contributed by atoms with Crippen LogP contribution in [0.5, 0.6) is 5.75 Å². The van der Waals surface area contributed by atoms with Gasteiger partial charge in [-0.3, -0.25) is 0 Å². The lowest BCUT2D eigenvalue weighted by molar-refractivity contribution is -0.137. The molecule has 1 aromatic carbocycles. The SMILES string of the molecule is O=C(Oc1ccccc1)N1CCN(c2ncc(C(F)(F)F)cc2Cl)CC1. The number of hydrogen-bond acceptors (Lipinski definition) is 4. The topological polar surface area (TPSA) is 45.7 Å². The van der Waals surface area contributed by atoms with Crippen LogP contribution in [-0.4, -0.2) is 42.2 Å². The quantitative estimate of drug-likeness (QED) is 0.781. The molecule has 1 aliphatic rings. The van der Waals surface area contributed by atoms with Crippen molar-refractivity contribution < 1.29 is 22.7 Å². The molecule has 0 bridgehead atoms. The van der Waals surface area contributed by atoms with Crippen molar-refractivity contribution in [3.63, 3.8) is 0 Å². The molecule has 2 aromatic rings. The molecule has 26 heavy (non-hydrogen) atoms. The van der Waals surface area contributed by atoms with Crippen molar-refractivity contribution >= 4 is 23.5 Å². The maximum atomic E-state index is 12.7. The highest BCUT2D eigenvalue weighted by Crippen LogP contribution is 2.33. The Bertz CT molecular complexity index is 779. The van der Waals surface area contributed by atoms with Crippen LogP contribution in [-0.2, 0) is 6.18 Å². The van der Waals surface area contributed by atoms with Gasteiger partial charge in [0.1, 0.15) is 11.6 Å². The first-order chi connectivity index (χ1) is 12.3. The summed E-state index contributed by atoms with van der Waals surface area (Å²) in [6.07, 6.45) is -4.20. The summed E-state index contributed by atoms with van der Waals surface area (Å²) in [5.41, 5.74) is -0.892. The largest absolute Gasteiger partial charge is 0.417 e. The van der Waals surface area contributed by atoms with E-state index in [9.17, 15) is 18.0 Å². The van der Waals surface area contributed by atoms with Crippen molar-refractivity contribution in [2.45, 2.75) is 6.18 Å². The van der Waals surface area contributed by atoms with E-state index in [1.165, 1.54) is 4.90 Å². The molecule has 0 radical (unpaired) electrons. The van der Waals surface area contributed by atoms with Gasteiger partial charge in [-0.25, -0.2) is 9.78 Å². The number of rotatable bonds is 2. The molecule has 5 nitrogen and oxygen atoms in total. The Morgan fingerprint density at radius 1 is 1.12 bits per heavy atom. The summed E-state index contributed by atoms with van der Waals surface area (Å²) in [7, 11) is 0. The van der Waals surface area contributed by atoms with Gasteiger partial charge in [0.05, 0.1) is 10.6 Å². The first-order valence-corrected chi connectivity index (χ1v) is 8.22. The standard InChI is InChI=1S/C17H15ClF3N3O2/c18-14-10-12(17(19,20)21)11-22-15(14)23-6-8-24(9-7-23)16(25)26-13-4-2-1-3-5-13/h1-5,10-11H,6-9H2. The number of ether oxygens (including phenoxy) is 1. The summed E-state index contributed by atoms with van der Waals surface area (Å²) in [4.78, 5) is 19.3. The van der Waals surface area contributed by atoms with Crippen LogP contribution in [0.1, 0.15) is 5.56 Å². The van der Waals surface area contributed by atoms with Gasteiger partial charge < -0.3 is 14.5 Å². The summed E-state index contributed by atoms with van der Waals surface area (Å²) in [5.74, 6) is 0.725. The third kappa shape index (κ3) is 4.19. The average Bonchev–Trinajstić information content (AvgIpc) is 2.62. The lowest BCUT2D eigenvalue weighted by Gasteiger charge is -2.35. The summed E-state index contributed by atoms with van der Waals surface area (Å²) >= 11 is 5.97. The number of carbonyl (C=O) groups excluding carboxylic acids is 1. The van der Waals surface area contributed by atoms with Crippen LogP contribution >= 0.6 is 11.6 Å². The molecule has 138 valence electrons. The number of anilines is 1. The third-order valence-corrected chi connectivity index (χ3v) is 4.21. The van der Waals surface area contributed by atoms with E-state index in [-0.39, 0.29) is 10.8 Å². The molecule has 1 aromatic heterocycles. The molecule has 3 rings (SSSR count). The molecule has 0 saturated carbocycles. The maximum absolute atomic E-state index is 12.7. The molecule has 0 N–H and O–H groups in total. The average molecular weight is 386 g/mol. The van der Waals surface area contributed by atoms with E-state index < -0.39 is 17.8 Å². The summed E-state index contributed by atoms with van der Waals surface area (Å²) in [5, 5.41) is -0.0693. The van der Waals surface area contributed by atoms with Gasteiger partial charge >= 0.3 is 12.3 Å². The Hall–Kier alpha value is -2.48. The fraction of sp³-hybridized carbons (Fsp3) is 0.294. The Balaban J connectivity index is 1.61. The Morgan fingerprint density at radius 2 is 1.77 bits per heavy atom. The summed E-state index contributed by atoms with van der Waals surface area (Å²) in [6, 6.07) is 9.56. The third-order valence-electron chi connectivity index (χ3n) is 3.93. The van der Waals surface area contributed by atoms with Crippen molar-refractivity contribution in [3.8, 4) is 5.75 Å². The van der Waals surface area contributed by atoms with Crippen molar-refractivity contribution in [1.29, 1.82) is 0 Å². The van der Waals surface area contributed by atoms with E-state index in [4.69, 9.17) is 16.3 Å². The number of hydrogen-bond donors (Lipinski definition) is 0. The van der Waals surface area contributed by atoms with Crippen LogP contribution in [0.25, 0.3) is 0 Å². The molecule has 0 spiro atoms. The highest BCUT2D eigenvalue weighted by molar-refractivity contribution is 6.33. The van der Waals surface area contributed by atoms with E-state index in [1.54, 1.807) is 29.2 Å². The number of amides is 1. The van der Waals surface area contributed by atoms with Gasteiger partial charge in [-0.1, -0.05) is 29.8 Å². The van der Waals surface area contributed by atoms with E-state index in [1.807, 2.05) is 6.07 Å². The molecule has 2 heterocycles. The number of nitrogens with zero attached hydrogens (tertiary/aromatic N) is 3. The van der Waals surface area contributed by atoms with E-state index in [0.717, 1.165) is 12.3 Å². The Labute approximate surface area is 152 Å².